The average Bonchev–Trinajstić information content (AvgIpc) is 2.82. The maximum Gasteiger partial charge on any atom is 0.161 e. The van der Waals surface area contributed by atoms with E-state index in [1.165, 1.54) is 13.2 Å². The Labute approximate surface area is 186 Å². The van der Waals surface area contributed by atoms with Gasteiger partial charge in [0.2, 0.25) is 0 Å². The molecule has 0 N–H and O–H groups in total. The van der Waals surface area contributed by atoms with E-state index in [9.17, 15) is 9.90 Å². The fraction of sp³-hybridized carbons (Fsp3) is 0.154. The Hall–Kier alpha value is -4.06. The second-order valence-corrected chi connectivity index (χ2v) is 7.07. The maximum absolute atomic E-state index is 11.8. The number of carboxylic acid groups (broad SMARTS) is 1. The summed E-state index contributed by atoms with van der Waals surface area (Å²) in [4.78, 5) is 16.5. The van der Waals surface area contributed by atoms with Crippen LogP contribution in [0.5, 0.6) is 17.2 Å². The second kappa shape index (κ2) is 9.39. The lowest BCUT2D eigenvalue weighted by Crippen LogP contribution is -2.22. The van der Waals surface area contributed by atoms with Crippen molar-refractivity contribution in [1.82, 2.24) is 4.98 Å². The smallest absolute Gasteiger partial charge is 0.161 e. The van der Waals surface area contributed by atoms with Crippen LogP contribution < -0.4 is 19.3 Å². The molecule has 0 radical (unpaired) electrons. The van der Waals surface area contributed by atoms with E-state index < -0.39 is 5.97 Å². The number of hydrogen-bond donors (Lipinski definition) is 0. The van der Waals surface area contributed by atoms with Gasteiger partial charge in [-0.3, -0.25) is 0 Å². The molecule has 0 spiro atoms. The first-order chi connectivity index (χ1) is 15.6. The third kappa shape index (κ3) is 4.34. The Balaban J connectivity index is 1.75. The van der Waals surface area contributed by atoms with E-state index >= 15 is 0 Å². The third-order valence-electron chi connectivity index (χ3n) is 5.02. The van der Waals surface area contributed by atoms with Crippen LogP contribution in [0.25, 0.3) is 22.2 Å². The maximum atomic E-state index is 11.8. The molecule has 1 aromatic heterocycles. The Morgan fingerprint density at radius 1 is 0.906 bits per heavy atom. The Kier molecular flexibility index (Phi) is 6.22. The molecule has 0 fully saturated rings. The monoisotopic (exact) mass is 428 g/mol. The van der Waals surface area contributed by atoms with Crippen molar-refractivity contribution >= 4 is 16.9 Å². The van der Waals surface area contributed by atoms with Crippen molar-refractivity contribution in [1.29, 1.82) is 0 Å². The summed E-state index contributed by atoms with van der Waals surface area (Å²) in [6, 6.07) is 21.9. The molecule has 0 amide bonds. The number of methoxy groups -OCH3 is 1. The number of ether oxygens (including phenoxy) is 3. The number of nitrogens with zero attached hydrogens (tertiary/aromatic N) is 1. The molecule has 0 bridgehead atoms. The number of fused-ring (bicyclic) bond motifs is 1. The Morgan fingerprint density at radius 2 is 1.72 bits per heavy atom. The Bertz CT molecular complexity index is 1250. The standard InChI is InChI=1S/C26H23NO5/c1-3-31-24-14-18(12-13-22(24)32-16-17-8-5-4-6-9-17)21-15-20(26(28)29)19-10-7-11-23(30-2)25(19)27-21/h4-15H,3,16H2,1-2H3,(H,28,29)/p-1. The van der Waals surface area contributed by atoms with Crippen molar-refractivity contribution in [2.24, 2.45) is 0 Å². The normalized spacial score (nSPS) is 10.7. The van der Waals surface area contributed by atoms with Gasteiger partial charge >= 0.3 is 0 Å². The molecule has 3 aromatic carbocycles. The van der Waals surface area contributed by atoms with Crippen LogP contribution in [0.3, 0.4) is 0 Å². The zero-order valence-electron chi connectivity index (χ0n) is 17.8. The summed E-state index contributed by atoms with van der Waals surface area (Å²) in [5.41, 5.74) is 2.70. The minimum atomic E-state index is -1.28. The molecule has 32 heavy (non-hydrogen) atoms. The van der Waals surface area contributed by atoms with Gasteiger partial charge in [0.15, 0.2) is 11.5 Å². The zero-order valence-corrected chi connectivity index (χ0v) is 17.8. The number of rotatable bonds is 8. The van der Waals surface area contributed by atoms with E-state index in [2.05, 4.69) is 4.98 Å². The molecular formula is C26H22NO5-. The summed E-state index contributed by atoms with van der Waals surface area (Å²) in [5, 5.41) is 12.3. The Morgan fingerprint density at radius 3 is 2.44 bits per heavy atom. The summed E-state index contributed by atoms with van der Waals surface area (Å²) in [6.45, 7) is 2.75. The highest BCUT2D eigenvalue weighted by Gasteiger charge is 2.14. The van der Waals surface area contributed by atoms with E-state index in [-0.39, 0.29) is 5.56 Å². The van der Waals surface area contributed by atoms with Crippen molar-refractivity contribution in [3.63, 3.8) is 0 Å². The zero-order chi connectivity index (χ0) is 22.5. The fourth-order valence-electron chi connectivity index (χ4n) is 3.49. The van der Waals surface area contributed by atoms with E-state index in [0.29, 0.717) is 52.6 Å². The third-order valence-corrected chi connectivity index (χ3v) is 5.02. The number of pyridine rings is 1. The molecular weight excluding hydrogens is 406 g/mol. The number of hydrogen-bond acceptors (Lipinski definition) is 6. The molecule has 162 valence electrons. The van der Waals surface area contributed by atoms with Crippen molar-refractivity contribution in [2.45, 2.75) is 13.5 Å². The van der Waals surface area contributed by atoms with Gasteiger partial charge in [0.25, 0.3) is 0 Å². The van der Waals surface area contributed by atoms with Crippen molar-refractivity contribution in [3.05, 3.63) is 83.9 Å². The summed E-state index contributed by atoms with van der Waals surface area (Å²) in [6.07, 6.45) is 0. The first-order valence-corrected chi connectivity index (χ1v) is 10.2. The van der Waals surface area contributed by atoms with Gasteiger partial charge in [-0.25, -0.2) is 4.98 Å². The number of aromatic nitrogens is 1. The fourth-order valence-corrected chi connectivity index (χ4v) is 3.49. The quantitative estimate of drug-likeness (QED) is 0.417. The molecule has 0 saturated heterocycles. The summed E-state index contributed by atoms with van der Waals surface area (Å²) in [5.74, 6) is 0.357. The van der Waals surface area contributed by atoms with Gasteiger partial charge in [0, 0.05) is 16.5 Å². The molecule has 0 aliphatic rings. The van der Waals surface area contributed by atoms with Crippen LogP contribution in [0.4, 0.5) is 0 Å². The van der Waals surface area contributed by atoms with Crippen molar-refractivity contribution in [3.8, 4) is 28.5 Å². The topological polar surface area (TPSA) is 80.7 Å². The largest absolute Gasteiger partial charge is 0.545 e. The number of aromatic carboxylic acids is 1. The van der Waals surface area contributed by atoms with Crippen LogP contribution in [0.1, 0.15) is 22.8 Å². The first kappa shape index (κ1) is 21.2. The highest BCUT2D eigenvalue weighted by molar-refractivity contribution is 6.04. The predicted octanol–water partition coefficient (Wildman–Crippen LogP) is 4.25. The second-order valence-electron chi connectivity index (χ2n) is 7.07. The van der Waals surface area contributed by atoms with Crippen LogP contribution in [0.15, 0.2) is 72.8 Å². The van der Waals surface area contributed by atoms with Gasteiger partial charge in [-0.1, -0.05) is 42.5 Å². The molecule has 4 aromatic rings. The average molecular weight is 428 g/mol. The van der Waals surface area contributed by atoms with E-state index in [1.807, 2.05) is 43.3 Å². The summed E-state index contributed by atoms with van der Waals surface area (Å²) >= 11 is 0. The summed E-state index contributed by atoms with van der Waals surface area (Å²) in [7, 11) is 1.52. The number of para-hydroxylation sites is 1. The van der Waals surface area contributed by atoms with Gasteiger partial charge in [0.05, 0.1) is 25.4 Å². The summed E-state index contributed by atoms with van der Waals surface area (Å²) < 4.78 is 17.1. The van der Waals surface area contributed by atoms with Crippen molar-refractivity contribution in [2.75, 3.05) is 13.7 Å². The molecule has 0 aliphatic carbocycles. The minimum absolute atomic E-state index is 0.0475. The van der Waals surface area contributed by atoms with Crippen LogP contribution in [0, 0.1) is 0 Å². The lowest BCUT2D eigenvalue weighted by molar-refractivity contribution is -0.254. The molecule has 6 heteroatoms. The number of carbonyl (C=O) groups is 1. The highest BCUT2D eigenvalue weighted by Crippen LogP contribution is 2.35. The van der Waals surface area contributed by atoms with Gasteiger partial charge in [-0.05, 0) is 42.8 Å². The molecule has 4 rings (SSSR count). The molecule has 0 saturated carbocycles. The van der Waals surface area contributed by atoms with E-state index in [0.717, 1.165) is 5.56 Å². The van der Waals surface area contributed by atoms with Gasteiger partial charge < -0.3 is 24.1 Å². The molecule has 1 heterocycles. The van der Waals surface area contributed by atoms with Crippen LogP contribution in [0.2, 0.25) is 0 Å². The van der Waals surface area contributed by atoms with Gasteiger partial charge in [0.1, 0.15) is 17.9 Å². The lowest BCUT2D eigenvalue weighted by Gasteiger charge is -2.15. The lowest BCUT2D eigenvalue weighted by atomic mass is 10.0. The molecule has 0 aliphatic heterocycles. The SMILES string of the molecule is CCOc1cc(-c2cc(C(=O)[O-])c3cccc(OC)c3n2)ccc1OCc1ccccc1. The molecule has 6 nitrogen and oxygen atoms in total. The number of benzene rings is 3. The highest BCUT2D eigenvalue weighted by atomic mass is 16.5. The number of carboxylic acids is 1. The number of carbonyl (C=O) groups excluding carboxylic acids is 1. The van der Waals surface area contributed by atoms with Crippen molar-refractivity contribution < 1.29 is 24.1 Å². The van der Waals surface area contributed by atoms with Gasteiger partial charge in [-0.15, -0.1) is 0 Å². The van der Waals surface area contributed by atoms with E-state index in [1.54, 1.807) is 30.3 Å². The predicted molar refractivity (Wildman–Crippen MR) is 120 cm³/mol. The van der Waals surface area contributed by atoms with Crippen LogP contribution in [-0.2, 0) is 6.61 Å². The van der Waals surface area contributed by atoms with Crippen LogP contribution in [-0.4, -0.2) is 24.7 Å². The van der Waals surface area contributed by atoms with E-state index in [4.69, 9.17) is 14.2 Å². The van der Waals surface area contributed by atoms with Gasteiger partial charge in [-0.2, -0.15) is 0 Å². The molecule has 0 unspecified atom stereocenters. The minimum Gasteiger partial charge on any atom is -0.545 e. The molecule has 0 atom stereocenters. The first-order valence-electron chi connectivity index (χ1n) is 10.2. The van der Waals surface area contributed by atoms with Crippen LogP contribution >= 0.6 is 0 Å².